The molecule has 0 aliphatic carbocycles. The SMILES string of the molecule is Cc1onc(-c2ccccc2Cl)c1C(=O)NC(C)C1CCCO1. The van der Waals surface area contributed by atoms with Crippen LogP contribution in [0.25, 0.3) is 11.3 Å². The smallest absolute Gasteiger partial charge is 0.257 e. The molecule has 2 unspecified atom stereocenters. The Bertz CT molecular complexity index is 708. The van der Waals surface area contributed by atoms with E-state index >= 15 is 0 Å². The van der Waals surface area contributed by atoms with Gasteiger partial charge in [-0.3, -0.25) is 4.79 Å². The van der Waals surface area contributed by atoms with Crippen LogP contribution in [-0.2, 0) is 4.74 Å². The van der Waals surface area contributed by atoms with Gasteiger partial charge in [0.05, 0.1) is 17.2 Å². The molecule has 1 saturated heterocycles. The van der Waals surface area contributed by atoms with Gasteiger partial charge in [-0.25, -0.2) is 0 Å². The second-order valence-electron chi connectivity index (χ2n) is 5.76. The molecule has 1 amide bonds. The Morgan fingerprint density at radius 3 is 2.91 bits per heavy atom. The average Bonchev–Trinajstić information content (AvgIpc) is 3.17. The molecular weight excluding hydrogens is 316 g/mol. The lowest BCUT2D eigenvalue weighted by molar-refractivity contribution is 0.0712. The van der Waals surface area contributed by atoms with Crippen LogP contribution in [0.3, 0.4) is 0 Å². The molecule has 0 saturated carbocycles. The van der Waals surface area contributed by atoms with Gasteiger partial charge in [-0.1, -0.05) is 35.0 Å². The van der Waals surface area contributed by atoms with Gasteiger partial charge in [-0.2, -0.15) is 0 Å². The highest BCUT2D eigenvalue weighted by atomic mass is 35.5. The average molecular weight is 335 g/mol. The van der Waals surface area contributed by atoms with Gasteiger partial charge in [0.15, 0.2) is 0 Å². The first kappa shape index (κ1) is 16.0. The number of nitrogens with zero attached hydrogens (tertiary/aromatic N) is 1. The molecule has 122 valence electrons. The highest BCUT2D eigenvalue weighted by Crippen LogP contribution is 2.31. The number of carbonyl (C=O) groups is 1. The van der Waals surface area contributed by atoms with Crippen LogP contribution >= 0.6 is 11.6 Å². The van der Waals surface area contributed by atoms with Crippen LogP contribution in [0.2, 0.25) is 5.02 Å². The highest BCUT2D eigenvalue weighted by molar-refractivity contribution is 6.33. The van der Waals surface area contributed by atoms with Crippen LogP contribution < -0.4 is 5.32 Å². The number of amides is 1. The zero-order chi connectivity index (χ0) is 16.4. The van der Waals surface area contributed by atoms with Gasteiger partial charge in [0.1, 0.15) is 17.0 Å². The van der Waals surface area contributed by atoms with E-state index in [4.69, 9.17) is 20.9 Å². The summed E-state index contributed by atoms with van der Waals surface area (Å²) in [5.74, 6) is 0.249. The molecule has 1 aromatic heterocycles. The normalized spacial score (nSPS) is 18.8. The molecule has 6 heteroatoms. The Hall–Kier alpha value is -1.85. The molecule has 2 atom stereocenters. The summed E-state index contributed by atoms with van der Waals surface area (Å²) in [7, 11) is 0. The zero-order valence-electron chi connectivity index (χ0n) is 13.1. The van der Waals surface area contributed by atoms with Gasteiger partial charge >= 0.3 is 0 Å². The molecular formula is C17H19ClN2O3. The van der Waals surface area contributed by atoms with Crippen molar-refractivity contribution < 1.29 is 14.1 Å². The molecule has 1 aromatic carbocycles. The maximum atomic E-state index is 12.7. The molecule has 1 aliphatic heterocycles. The summed E-state index contributed by atoms with van der Waals surface area (Å²) in [4.78, 5) is 12.7. The lowest BCUT2D eigenvalue weighted by Crippen LogP contribution is -2.41. The van der Waals surface area contributed by atoms with Crippen molar-refractivity contribution in [2.24, 2.45) is 0 Å². The van der Waals surface area contributed by atoms with E-state index in [1.165, 1.54) is 0 Å². The van der Waals surface area contributed by atoms with Crippen molar-refractivity contribution in [2.75, 3.05) is 6.61 Å². The first-order valence-corrected chi connectivity index (χ1v) is 8.09. The Kier molecular flexibility index (Phi) is 4.68. The Morgan fingerprint density at radius 1 is 1.43 bits per heavy atom. The summed E-state index contributed by atoms with van der Waals surface area (Å²) >= 11 is 6.22. The fourth-order valence-corrected chi connectivity index (χ4v) is 3.07. The summed E-state index contributed by atoms with van der Waals surface area (Å²) in [6, 6.07) is 7.19. The van der Waals surface area contributed by atoms with E-state index in [0.717, 1.165) is 19.4 Å². The third-order valence-electron chi connectivity index (χ3n) is 4.10. The number of halogens is 1. The maximum absolute atomic E-state index is 12.7. The van der Waals surface area contributed by atoms with Crippen LogP contribution in [0, 0.1) is 6.92 Å². The zero-order valence-corrected chi connectivity index (χ0v) is 13.9. The minimum atomic E-state index is -0.221. The number of benzene rings is 1. The van der Waals surface area contributed by atoms with Crippen LogP contribution in [0.5, 0.6) is 0 Å². The van der Waals surface area contributed by atoms with Crippen LogP contribution in [0.4, 0.5) is 0 Å². The van der Waals surface area contributed by atoms with E-state index < -0.39 is 0 Å². The number of hydrogen-bond acceptors (Lipinski definition) is 4. The lowest BCUT2D eigenvalue weighted by atomic mass is 10.0. The predicted octanol–water partition coefficient (Wildman–Crippen LogP) is 3.60. The summed E-state index contributed by atoms with van der Waals surface area (Å²) in [5, 5.41) is 7.54. The summed E-state index contributed by atoms with van der Waals surface area (Å²) in [6.07, 6.45) is 2.05. The van der Waals surface area contributed by atoms with Gasteiger partial charge in [-0.05, 0) is 32.8 Å². The molecule has 3 rings (SSSR count). The summed E-state index contributed by atoms with van der Waals surface area (Å²) in [5.41, 5.74) is 1.56. The molecule has 1 N–H and O–H groups in total. The summed E-state index contributed by atoms with van der Waals surface area (Å²) < 4.78 is 10.9. The molecule has 2 aromatic rings. The van der Waals surface area contributed by atoms with Gasteiger partial charge in [0, 0.05) is 12.2 Å². The minimum absolute atomic E-state index is 0.0582. The van der Waals surface area contributed by atoms with Crippen molar-refractivity contribution in [3.8, 4) is 11.3 Å². The number of hydrogen-bond donors (Lipinski definition) is 1. The first-order chi connectivity index (χ1) is 11.1. The molecule has 1 fully saturated rings. The number of aryl methyl sites for hydroxylation is 1. The second-order valence-corrected chi connectivity index (χ2v) is 6.16. The van der Waals surface area contributed by atoms with Crippen molar-refractivity contribution >= 4 is 17.5 Å². The van der Waals surface area contributed by atoms with Gasteiger partial charge in [0.2, 0.25) is 0 Å². The predicted molar refractivity (Wildman–Crippen MR) is 87.6 cm³/mol. The van der Waals surface area contributed by atoms with Crippen LogP contribution in [-0.4, -0.2) is 29.8 Å². The Balaban J connectivity index is 1.86. The molecule has 23 heavy (non-hydrogen) atoms. The third-order valence-corrected chi connectivity index (χ3v) is 4.43. The van der Waals surface area contributed by atoms with E-state index in [-0.39, 0.29) is 18.1 Å². The number of nitrogens with one attached hydrogen (secondary N) is 1. The topological polar surface area (TPSA) is 64.4 Å². The summed E-state index contributed by atoms with van der Waals surface area (Å²) in [6.45, 7) is 4.42. The first-order valence-electron chi connectivity index (χ1n) is 7.71. The van der Waals surface area contributed by atoms with E-state index in [1.54, 1.807) is 13.0 Å². The Labute approximate surface area is 139 Å². The van der Waals surface area contributed by atoms with E-state index in [1.807, 2.05) is 25.1 Å². The maximum Gasteiger partial charge on any atom is 0.257 e. The second kappa shape index (κ2) is 6.72. The third kappa shape index (κ3) is 3.26. The molecule has 5 nitrogen and oxygen atoms in total. The van der Waals surface area contributed by atoms with Crippen LogP contribution in [0.1, 0.15) is 35.9 Å². The van der Waals surface area contributed by atoms with Gasteiger partial charge in [0.25, 0.3) is 5.91 Å². The van der Waals surface area contributed by atoms with Gasteiger partial charge < -0.3 is 14.6 Å². The van der Waals surface area contributed by atoms with E-state index in [2.05, 4.69) is 10.5 Å². The van der Waals surface area contributed by atoms with Crippen molar-refractivity contribution in [1.82, 2.24) is 10.5 Å². The molecule has 2 heterocycles. The quantitative estimate of drug-likeness (QED) is 0.927. The number of aromatic nitrogens is 1. The number of carbonyl (C=O) groups excluding carboxylic acids is 1. The van der Waals surface area contributed by atoms with Crippen molar-refractivity contribution in [2.45, 2.75) is 38.8 Å². The largest absolute Gasteiger partial charge is 0.376 e. The van der Waals surface area contributed by atoms with Crippen molar-refractivity contribution in [3.05, 3.63) is 40.6 Å². The van der Waals surface area contributed by atoms with Crippen molar-refractivity contribution in [1.29, 1.82) is 0 Å². The minimum Gasteiger partial charge on any atom is -0.376 e. The molecule has 1 aliphatic rings. The molecule has 0 spiro atoms. The van der Waals surface area contributed by atoms with Crippen molar-refractivity contribution in [3.63, 3.8) is 0 Å². The molecule has 0 bridgehead atoms. The molecule has 0 radical (unpaired) electrons. The van der Waals surface area contributed by atoms with E-state index in [0.29, 0.717) is 27.6 Å². The Morgan fingerprint density at radius 2 is 2.22 bits per heavy atom. The number of ether oxygens (including phenoxy) is 1. The lowest BCUT2D eigenvalue weighted by Gasteiger charge is -2.20. The fourth-order valence-electron chi connectivity index (χ4n) is 2.85. The van der Waals surface area contributed by atoms with Crippen LogP contribution in [0.15, 0.2) is 28.8 Å². The fraction of sp³-hybridized carbons (Fsp3) is 0.412. The standard InChI is InChI=1S/C17H19ClN2O3/c1-10(14-8-5-9-22-14)19-17(21)15-11(2)23-20-16(15)12-6-3-4-7-13(12)18/h3-4,6-7,10,14H,5,8-9H2,1-2H3,(H,19,21). The highest BCUT2D eigenvalue weighted by Gasteiger charge is 2.28. The van der Waals surface area contributed by atoms with E-state index in [9.17, 15) is 4.79 Å². The number of rotatable bonds is 4. The van der Waals surface area contributed by atoms with Gasteiger partial charge in [-0.15, -0.1) is 0 Å². The monoisotopic (exact) mass is 334 g/mol.